The quantitative estimate of drug-likeness (QED) is 0.287. The topological polar surface area (TPSA) is 42.2 Å². The van der Waals surface area contributed by atoms with Crippen molar-refractivity contribution in [1.82, 2.24) is 0 Å². The van der Waals surface area contributed by atoms with Crippen LogP contribution in [0.2, 0.25) is 5.02 Å². The molecule has 0 aliphatic heterocycles. The first-order valence-corrected chi connectivity index (χ1v) is 10.1. The van der Waals surface area contributed by atoms with Crippen LogP contribution in [0.25, 0.3) is 11.6 Å². The van der Waals surface area contributed by atoms with Gasteiger partial charge in [-0.25, -0.2) is 0 Å². The molecule has 0 saturated heterocycles. The Morgan fingerprint density at radius 1 is 1.10 bits per heavy atom. The number of benzene rings is 3. The molecule has 0 saturated carbocycles. The molecule has 3 aromatic rings. The lowest BCUT2D eigenvalue weighted by atomic mass is 10.0. The lowest BCUT2D eigenvalue weighted by Gasteiger charge is -2.14. The number of nitriles is 1. The van der Waals surface area contributed by atoms with Gasteiger partial charge in [0, 0.05) is 4.47 Å². The first-order valence-electron chi connectivity index (χ1n) is 8.94. The van der Waals surface area contributed by atoms with Crippen molar-refractivity contribution in [2.75, 3.05) is 7.11 Å². The van der Waals surface area contributed by atoms with Gasteiger partial charge in [-0.3, -0.25) is 0 Å². The standard InChI is InChI=1S/C24H19BrClNO2/c1-16-3-5-17(6-4-16)15-29-24-22(26)12-18(13-23(24)28-2)11-20(14-27)19-7-9-21(25)10-8-19/h3-13H,15H2,1-2H3/b20-11+. The molecule has 0 atom stereocenters. The van der Waals surface area contributed by atoms with Crippen molar-refractivity contribution in [3.05, 3.63) is 92.4 Å². The van der Waals surface area contributed by atoms with Gasteiger partial charge in [0.1, 0.15) is 6.61 Å². The monoisotopic (exact) mass is 467 g/mol. The molecule has 146 valence electrons. The van der Waals surface area contributed by atoms with E-state index in [1.807, 2.05) is 61.5 Å². The van der Waals surface area contributed by atoms with Crippen molar-refractivity contribution in [1.29, 1.82) is 5.26 Å². The second-order valence-electron chi connectivity index (χ2n) is 6.49. The largest absolute Gasteiger partial charge is 0.493 e. The summed E-state index contributed by atoms with van der Waals surface area (Å²) in [4.78, 5) is 0. The summed E-state index contributed by atoms with van der Waals surface area (Å²) >= 11 is 9.88. The molecule has 29 heavy (non-hydrogen) atoms. The van der Waals surface area contributed by atoms with E-state index in [1.165, 1.54) is 5.56 Å². The lowest BCUT2D eigenvalue weighted by Crippen LogP contribution is -1.99. The lowest BCUT2D eigenvalue weighted by molar-refractivity contribution is 0.284. The van der Waals surface area contributed by atoms with Gasteiger partial charge in [0.25, 0.3) is 0 Å². The van der Waals surface area contributed by atoms with Crippen LogP contribution >= 0.6 is 27.5 Å². The van der Waals surface area contributed by atoms with Gasteiger partial charge < -0.3 is 9.47 Å². The van der Waals surface area contributed by atoms with Crippen LogP contribution in [-0.4, -0.2) is 7.11 Å². The molecule has 0 heterocycles. The minimum absolute atomic E-state index is 0.383. The second kappa shape index (κ2) is 9.65. The van der Waals surface area contributed by atoms with Crippen molar-refractivity contribution in [3.8, 4) is 17.6 Å². The van der Waals surface area contributed by atoms with E-state index < -0.39 is 0 Å². The number of ether oxygens (including phenoxy) is 2. The zero-order valence-electron chi connectivity index (χ0n) is 16.1. The summed E-state index contributed by atoms with van der Waals surface area (Å²) in [6, 6.07) is 21.5. The fourth-order valence-corrected chi connectivity index (χ4v) is 3.32. The van der Waals surface area contributed by atoms with Crippen LogP contribution in [0.5, 0.6) is 11.5 Å². The normalized spacial score (nSPS) is 11.1. The van der Waals surface area contributed by atoms with Gasteiger partial charge in [0.05, 0.1) is 23.8 Å². The molecule has 0 fully saturated rings. The van der Waals surface area contributed by atoms with Gasteiger partial charge >= 0.3 is 0 Å². The minimum atomic E-state index is 0.383. The molecule has 0 N–H and O–H groups in total. The highest BCUT2D eigenvalue weighted by Crippen LogP contribution is 2.38. The Hall–Kier alpha value is -2.74. The molecule has 0 radical (unpaired) electrons. The maximum absolute atomic E-state index is 9.57. The van der Waals surface area contributed by atoms with Crippen LogP contribution in [0.1, 0.15) is 22.3 Å². The Morgan fingerprint density at radius 3 is 2.41 bits per heavy atom. The minimum Gasteiger partial charge on any atom is -0.493 e. The summed E-state index contributed by atoms with van der Waals surface area (Å²) in [5.41, 5.74) is 4.35. The molecule has 0 bridgehead atoms. The summed E-state index contributed by atoms with van der Waals surface area (Å²) in [6.45, 7) is 2.43. The Bertz CT molecular complexity index is 1070. The molecule has 3 rings (SSSR count). The molecule has 0 spiro atoms. The Balaban J connectivity index is 1.88. The van der Waals surface area contributed by atoms with Crippen LogP contribution in [-0.2, 0) is 6.61 Å². The first-order chi connectivity index (χ1) is 14.0. The van der Waals surface area contributed by atoms with E-state index >= 15 is 0 Å². The van der Waals surface area contributed by atoms with Crippen molar-refractivity contribution < 1.29 is 9.47 Å². The molecule has 0 aliphatic carbocycles. The zero-order chi connectivity index (χ0) is 20.8. The van der Waals surface area contributed by atoms with Crippen LogP contribution in [0.15, 0.2) is 65.1 Å². The summed E-state index contributed by atoms with van der Waals surface area (Å²) in [5.74, 6) is 0.998. The van der Waals surface area contributed by atoms with E-state index in [-0.39, 0.29) is 0 Å². The van der Waals surface area contributed by atoms with Gasteiger partial charge in [0.2, 0.25) is 0 Å². The number of aryl methyl sites for hydroxylation is 1. The molecule has 0 aromatic heterocycles. The number of rotatable bonds is 6. The van der Waals surface area contributed by atoms with E-state index in [9.17, 15) is 5.26 Å². The van der Waals surface area contributed by atoms with E-state index in [1.54, 1.807) is 19.3 Å². The van der Waals surface area contributed by atoms with Crippen LogP contribution in [0.4, 0.5) is 0 Å². The summed E-state index contributed by atoms with van der Waals surface area (Å²) in [5, 5.41) is 10.00. The average Bonchev–Trinajstić information content (AvgIpc) is 2.72. The molecule has 0 unspecified atom stereocenters. The second-order valence-corrected chi connectivity index (χ2v) is 7.81. The molecule has 3 aromatic carbocycles. The molecular formula is C24H19BrClNO2. The number of hydrogen-bond donors (Lipinski definition) is 0. The third-order valence-electron chi connectivity index (χ3n) is 4.34. The van der Waals surface area contributed by atoms with Gasteiger partial charge in [-0.05, 0) is 54.0 Å². The number of nitrogens with zero attached hydrogens (tertiary/aromatic N) is 1. The van der Waals surface area contributed by atoms with Crippen molar-refractivity contribution in [3.63, 3.8) is 0 Å². The first kappa shape index (κ1) is 21.0. The highest BCUT2D eigenvalue weighted by molar-refractivity contribution is 9.10. The van der Waals surface area contributed by atoms with Crippen LogP contribution < -0.4 is 9.47 Å². The van der Waals surface area contributed by atoms with E-state index in [0.717, 1.165) is 21.2 Å². The maximum Gasteiger partial charge on any atom is 0.180 e. The van der Waals surface area contributed by atoms with E-state index in [2.05, 4.69) is 22.0 Å². The fourth-order valence-electron chi connectivity index (χ4n) is 2.78. The maximum atomic E-state index is 9.57. The van der Waals surface area contributed by atoms with Crippen LogP contribution in [0, 0.1) is 18.3 Å². The van der Waals surface area contributed by atoms with Gasteiger partial charge in [-0.15, -0.1) is 0 Å². The fraction of sp³-hybridized carbons (Fsp3) is 0.125. The number of halogens is 2. The number of hydrogen-bond acceptors (Lipinski definition) is 3. The SMILES string of the molecule is COc1cc(/C=C(\C#N)c2ccc(Br)cc2)cc(Cl)c1OCc1ccc(C)cc1. The van der Waals surface area contributed by atoms with Crippen molar-refractivity contribution in [2.45, 2.75) is 13.5 Å². The highest BCUT2D eigenvalue weighted by atomic mass is 79.9. The third kappa shape index (κ3) is 5.41. The van der Waals surface area contributed by atoms with Gasteiger partial charge in [-0.1, -0.05) is 69.5 Å². The molecule has 5 heteroatoms. The molecule has 3 nitrogen and oxygen atoms in total. The average molecular weight is 469 g/mol. The number of methoxy groups -OCH3 is 1. The predicted octanol–water partition coefficient (Wildman–Crippen LogP) is 7.06. The summed E-state index contributed by atoms with van der Waals surface area (Å²) < 4.78 is 12.4. The van der Waals surface area contributed by atoms with Crippen molar-refractivity contribution >= 4 is 39.2 Å². The van der Waals surface area contributed by atoms with E-state index in [4.69, 9.17) is 21.1 Å². The third-order valence-corrected chi connectivity index (χ3v) is 5.15. The Kier molecular flexibility index (Phi) is 6.98. The molecular weight excluding hydrogens is 450 g/mol. The van der Waals surface area contributed by atoms with Crippen molar-refractivity contribution in [2.24, 2.45) is 0 Å². The summed E-state index contributed by atoms with van der Waals surface area (Å²) in [7, 11) is 1.57. The Labute approximate surface area is 184 Å². The Morgan fingerprint density at radius 2 is 1.79 bits per heavy atom. The number of allylic oxidation sites excluding steroid dienone is 1. The smallest absolute Gasteiger partial charge is 0.180 e. The van der Waals surface area contributed by atoms with Crippen LogP contribution in [0.3, 0.4) is 0 Å². The molecule has 0 aliphatic rings. The highest BCUT2D eigenvalue weighted by Gasteiger charge is 2.13. The summed E-state index contributed by atoms with van der Waals surface area (Å²) in [6.07, 6.45) is 1.78. The van der Waals surface area contributed by atoms with E-state index in [0.29, 0.717) is 28.7 Å². The van der Waals surface area contributed by atoms with Gasteiger partial charge in [-0.2, -0.15) is 5.26 Å². The zero-order valence-corrected chi connectivity index (χ0v) is 18.4. The molecule has 0 amide bonds. The predicted molar refractivity (Wildman–Crippen MR) is 121 cm³/mol. The van der Waals surface area contributed by atoms with Gasteiger partial charge in [0.15, 0.2) is 11.5 Å².